The number of ether oxygens (including phenoxy) is 2. The van der Waals surface area contributed by atoms with Crippen LogP contribution in [-0.4, -0.2) is 30.1 Å². The van der Waals surface area contributed by atoms with E-state index in [4.69, 9.17) is 21.1 Å². The summed E-state index contributed by atoms with van der Waals surface area (Å²) in [5, 5.41) is 0.783. The lowest BCUT2D eigenvalue weighted by Crippen LogP contribution is -2.30. The summed E-state index contributed by atoms with van der Waals surface area (Å²) in [4.78, 5) is 31.4. The molecule has 3 aromatic rings. The number of anilines is 2. The number of nitrogens with zero attached hydrogens (tertiary/aromatic N) is 2. The van der Waals surface area contributed by atoms with Gasteiger partial charge in [0.05, 0.1) is 23.0 Å². The molecule has 0 N–H and O–H groups in total. The minimum absolute atomic E-state index is 0.244. The van der Waals surface area contributed by atoms with Crippen LogP contribution < -0.4 is 9.64 Å². The van der Waals surface area contributed by atoms with Gasteiger partial charge in [-0.05, 0) is 38.1 Å². The number of thiazole rings is 1. The van der Waals surface area contributed by atoms with Crippen LogP contribution in [0.25, 0.3) is 0 Å². The predicted molar refractivity (Wildman–Crippen MR) is 113 cm³/mol. The SMILES string of the molecule is CCOC(=O)c1sc(N(C(=O)COc2ccccc2Cl)c2ccccc2)nc1C. The maximum absolute atomic E-state index is 13.1. The highest BCUT2D eigenvalue weighted by Gasteiger charge is 2.25. The van der Waals surface area contributed by atoms with Gasteiger partial charge in [0.15, 0.2) is 11.7 Å². The summed E-state index contributed by atoms with van der Waals surface area (Å²) in [5.41, 5.74) is 1.12. The van der Waals surface area contributed by atoms with Gasteiger partial charge in [0.2, 0.25) is 0 Å². The van der Waals surface area contributed by atoms with E-state index in [0.717, 1.165) is 11.3 Å². The smallest absolute Gasteiger partial charge is 0.350 e. The fourth-order valence-electron chi connectivity index (χ4n) is 2.57. The van der Waals surface area contributed by atoms with Crippen molar-refractivity contribution in [2.45, 2.75) is 13.8 Å². The van der Waals surface area contributed by atoms with Crippen LogP contribution in [0.5, 0.6) is 5.75 Å². The number of hydrogen-bond donors (Lipinski definition) is 0. The highest BCUT2D eigenvalue weighted by Crippen LogP contribution is 2.32. The summed E-state index contributed by atoms with van der Waals surface area (Å²) in [7, 11) is 0. The molecule has 0 spiro atoms. The van der Waals surface area contributed by atoms with Gasteiger partial charge in [-0.1, -0.05) is 53.3 Å². The Morgan fingerprint density at radius 2 is 1.79 bits per heavy atom. The van der Waals surface area contributed by atoms with Gasteiger partial charge in [-0.2, -0.15) is 0 Å². The number of esters is 1. The van der Waals surface area contributed by atoms with Crippen LogP contribution in [0, 0.1) is 6.92 Å². The van der Waals surface area contributed by atoms with Crippen molar-refractivity contribution in [3.63, 3.8) is 0 Å². The second-order valence-electron chi connectivity index (χ2n) is 5.92. The topological polar surface area (TPSA) is 68.7 Å². The highest BCUT2D eigenvalue weighted by molar-refractivity contribution is 7.17. The average molecular weight is 431 g/mol. The van der Waals surface area contributed by atoms with Crippen molar-refractivity contribution in [2.24, 2.45) is 0 Å². The largest absolute Gasteiger partial charge is 0.482 e. The number of para-hydroxylation sites is 2. The summed E-state index contributed by atoms with van der Waals surface area (Å²) in [5.74, 6) is -0.389. The van der Waals surface area contributed by atoms with Crippen LogP contribution in [0.1, 0.15) is 22.3 Å². The van der Waals surface area contributed by atoms with E-state index in [1.165, 1.54) is 4.90 Å². The second kappa shape index (κ2) is 9.54. The predicted octanol–water partition coefficient (Wildman–Crippen LogP) is 5.03. The Balaban J connectivity index is 1.90. The first kappa shape index (κ1) is 20.8. The van der Waals surface area contributed by atoms with Gasteiger partial charge in [0.1, 0.15) is 10.6 Å². The molecule has 0 aliphatic rings. The number of aryl methyl sites for hydroxylation is 1. The Morgan fingerprint density at radius 1 is 1.10 bits per heavy atom. The number of hydrogen-bond acceptors (Lipinski definition) is 6. The number of amides is 1. The molecular weight excluding hydrogens is 412 g/mol. The molecule has 8 heteroatoms. The van der Waals surface area contributed by atoms with E-state index in [0.29, 0.717) is 32.2 Å². The molecule has 0 unspecified atom stereocenters. The Labute approximate surface area is 177 Å². The molecule has 0 fully saturated rings. The molecule has 29 heavy (non-hydrogen) atoms. The van der Waals surface area contributed by atoms with E-state index >= 15 is 0 Å². The quantitative estimate of drug-likeness (QED) is 0.492. The van der Waals surface area contributed by atoms with Gasteiger partial charge in [0.25, 0.3) is 5.91 Å². The molecular formula is C21H19ClN2O4S. The van der Waals surface area contributed by atoms with Gasteiger partial charge >= 0.3 is 5.97 Å². The van der Waals surface area contributed by atoms with Crippen LogP contribution in [0.2, 0.25) is 5.02 Å². The van der Waals surface area contributed by atoms with Crippen molar-refractivity contribution in [3.8, 4) is 5.75 Å². The second-order valence-corrected chi connectivity index (χ2v) is 7.30. The monoisotopic (exact) mass is 430 g/mol. The van der Waals surface area contributed by atoms with E-state index in [-0.39, 0.29) is 19.1 Å². The number of aromatic nitrogens is 1. The molecule has 2 aromatic carbocycles. The fourth-order valence-corrected chi connectivity index (χ4v) is 3.76. The number of rotatable bonds is 7. The third-order valence-corrected chi connectivity index (χ3v) is 5.32. The van der Waals surface area contributed by atoms with Gasteiger partial charge in [-0.3, -0.25) is 9.69 Å². The first-order valence-electron chi connectivity index (χ1n) is 8.91. The zero-order valence-corrected chi connectivity index (χ0v) is 17.5. The maximum Gasteiger partial charge on any atom is 0.350 e. The number of benzene rings is 2. The molecule has 6 nitrogen and oxygen atoms in total. The lowest BCUT2D eigenvalue weighted by Gasteiger charge is -2.20. The molecule has 0 aliphatic carbocycles. The molecule has 1 amide bonds. The Kier molecular flexibility index (Phi) is 6.85. The normalized spacial score (nSPS) is 10.4. The van der Waals surface area contributed by atoms with E-state index in [1.54, 1.807) is 50.2 Å². The van der Waals surface area contributed by atoms with Crippen LogP contribution in [-0.2, 0) is 9.53 Å². The van der Waals surface area contributed by atoms with Crippen molar-refractivity contribution in [3.05, 3.63) is 70.2 Å². The molecule has 150 valence electrons. The molecule has 1 aromatic heterocycles. The third kappa shape index (κ3) is 4.93. The van der Waals surface area contributed by atoms with E-state index in [2.05, 4.69) is 4.98 Å². The third-order valence-electron chi connectivity index (χ3n) is 3.89. The standard InChI is InChI=1S/C21H19ClN2O4S/c1-3-27-20(26)19-14(2)23-21(29-19)24(15-9-5-4-6-10-15)18(25)13-28-17-12-8-7-11-16(17)22/h4-12H,3,13H2,1-2H3. The number of halogens is 1. The summed E-state index contributed by atoms with van der Waals surface area (Å²) < 4.78 is 10.7. The Bertz CT molecular complexity index is 1010. The zero-order chi connectivity index (χ0) is 20.8. The molecule has 0 radical (unpaired) electrons. The summed E-state index contributed by atoms with van der Waals surface area (Å²) in [6, 6.07) is 16.0. The van der Waals surface area contributed by atoms with E-state index < -0.39 is 5.97 Å². The van der Waals surface area contributed by atoms with Gasteiger partial charge in [0, 0.05) is 0 Å². The number of carbonyl (C=O) groups is 2. The molecule has 0 saturated heterocycles. The lowest BCUT2D eigenvalue weighted by molar-refractivity contribution is -0.119. The maximum atomic E-state index is 13.1. The number of carbonyl (C=O) groups excluding carboxylic acids is 2. The molecule has 0 saturated carbocycles. The lowest BCUT2D eigenvalue weighted by atomic mass is 10.3. The van der Waals surface area contributed by atoms with Crippen molar-refractivity contribution >= 4 is 45.6 Å². The van der Waals surface area contributed by atoms with Crippen molar-refractivity contribution < 1.29 is 19.1 Å². The summed E-state index contributed by atoms with van der Waals surface area (Å²) in [6.07, 6.45) is 0. The molecule has 1 heterocycles. The van der Waals surface area contributed by atoms with Crippen LogP contribution in [0.15, 0.2) is 54.6 Å². The summed E-state index contributed by atoms with van der Waals surface area (Å²) in [6.45, 7) is 3.46. The van der Waals surface area contributed by atoms with Gasteiger partial charge in [-0.15, -0.1) is 0 Å². The van der Waals surface area contributed by atoms with Gasteiger partial charge in [-0.25, -0.2) is 9.78 Å². The highest BCUT2D eigenvalue weighted by atomic mass is 35.5. The van der Waals surface area contributed by atoms with E-state index in [9.17, 15) is 9.59 Å². The molecule has 0 bridgehead atoms. The molecule has 0 atom stereocenters. The van der Waals surface area contributed by atoms with Gasteiger partial charge < -0.3 is 9.47 Å². The summed E-state index contributed by atoms with van der Waals surface area (Å²) >= 11 is 7.20. The fraction of sp³-hybridized carbons (Fsp3) is 0.190. The molecule has 0 aliphatic heterocycles. The average Bonchev–Trinajstić information content (AvgIpc) is 3.10. The van der Waals surface area contributed by atoms with Crippen molar-refractivity contribution in [1.82, 2.24) is 4.98 Å². The van der Waals surface area contributed by atoms with E-state index in [1.807, 2.05) is 18.2 Å². The Hall–Kier alpha value is -2.90. The zero-order valence-electron chi connectivity index (χ0n) is 15.9. The Morgan fingerprint density at radius 3 is 2.48 bits per heavy atom. The van der Waals surface area contributed by atoms with Crippen molar-refractivity contribution in [1.29, 1.82) is 0 Å². The van der Waals surface area contributed by atoms with Crippen LogP contribution >= 0.6 is 22.9 Å². The minimum Gasteiger partial charge on any atom is -0.482 e. The van der Waals surface area contributed by atoms with Crippen molar-refractivity contribution in [2.75, 3.05) is 18.1 Å². The van der Waals surface area contributed by atoms with Crippen LogP contribution in [0.3, 0.4) is 0 Å². The van der Waals surface area contributed by atoms with Crippen LogP contribution in [0.4, 0.5) is 10.8 Å². The first-order valence-corrected chi connectivity index (χ1v) is 10.1. The molecule has 3 rings (SSSR count). The first-order chi connectivity index (χ1) is 14.0. The minimum atomic E-state index is -0.457.